The Kier molecular flexibility index (Phi) is 4.31. The van der Waals surface area contributed by atoms with E-state index in [4.69, 9.17) is 14.2 Å². The number of carbonyl (C=O) groups excluding carboxylic acids is 3. The van der Waals surface area contributed by atoms with Gasteiger partial charge in [0.25, 0.3) is 5.91 Å². The molecule has 3 amide bonds. The van der Waals surface area contributed by atoms with Gasteiger partial charge in [-0.05, 0) is 17.7 Å². The minimum Gasteiger partial charge on any atom is -0.486 e. The van der Waals surface area contributed by atoms with Crippen LogP contribution in [0.5, 0.6) is 11.5 Å². The molecule has 3 rings (SSSR count). The minimum atomic E-state index is -0.547. The number of hydrogen-bond donors (Lipinski definition) is 1. The van der Waals surface area contributed by atoms with Crippen molar-refractivity contribution in [3.63, 3.8) is 0 Å². The molecule has 0 aromatic heterocycles. The van der Waals surface area contributed by atoms with Gasteiger partial charge in [0.1, 0.15) is 13.2 Å². The van der Waals surface area contributed by atoms with Crippen molar-refractivity contribution in [2.24, 2.45) is 0 Å². The summed E-state index contributed by atoms with van der Waals surface area (Å²) in [6.45, 7) is 1.22. The standard InChI is InChI=1S/C15H16N2O6/c18-13(17-4-3-16-15(17)20)9-23-14(19)8-10-1-2-11-12(7-10)22-6-5-21-11/h1-2,7H,3-6,8-9H2,(H,16,20). The highest BCUT2D eigenvalue weighted by atomic mass is 16.6. The molecule has 0 spiro atoms. The van der Waals surface area contributed by atoms with Gasteiger partial charge in [0.2, 0.25) is 0 Å². The molecule has 2 aliphatic heterocycles. The first-order chi connectivity index (χ1) is 11.1. The lowest BCUT2D eigenvalue weighted by Gasteiger charge is -2.18. The Labute approximate surface area is 132 Å². The van der Waals surface area contributed by atoms with E-state index < -0.39 is 24.5 Å². The molecule has 8 nitrogen and oxygen atoms in total. The second-order valence-electron chi connectivity index (χ2n) is 5.09. The first-order valence-corrected chi connectivity index (χ1v) is 7.26. The summed E-state index contributed by atoms with van der Waals surface area (Å²) in [5.74, 6) is 0.153. The van der Waals surface area contributed by atoms with Gasteiger partial charge in [-0.3, -0.25) is 14.5 Å². The van der Waals surface area contributed by atoms with E-state index in [0.29, 0.717) is 36.8 Å². The van der Waals surface area contributed by atoms with Crippen LogP contribution in [-0.4, -0.2) is 55.7 Å². The van der Waals surface area contributed by atoms with Gasteiger partial charge >= 0.3 is 12.0 Å². The highest BCUT2D eigenvalue weighted by Gasteiger charge is 2.26. The van der Waals surface area contributed by atoms with E-state index in [9.17, 15) is 14.4 Å². The molecule has 1 aromatic carbocycles. The van der Waals surface area contributed by atoms with E-state index in [-0.39, 0.29) is 13.0 Å². The highest BCUT2D eigenvalue weighted by Crippen LogP contribution is 2.30. The van der Waals surface area contributed by atoms with Crippen molar-refractivity contribution in [1.29, 1.82) is 0 Å². The van der Waals surface area contributed by atoms with Gasteiger partial charge < -0.3 is 19.5 Å². The molecule has 8 heteroatoms. The number of ether oxygens (including phenoxy) is 3. The molecule has 2 heterocycles. The quantitative estimate of drug-likeness (QED) is 0.791. The van der Waals surface area contributed by atoms with Crippen molar-refractivity contribution in [2.45, 2.75) is 6.42 Å². The molecule has 0 unspecified atom stereocenters. The molecular weight excluding hydrogens is 304 g/mol. The lowest BCUT2D eigenvalue weighted by atomic mass is 10.1. The molecular formula is C15H16N2O6. The van der Waals surface area contributed by atoms with Crippen molar-refractivity contribution in [1.82, 2.24) is 10.2 Å². The summed E-state index contributed by atoms with van der Waals surface area (Å²) in [7, 11) is 0. The van der Waals surface area contributed by atoms with E-state index >= 15 is 0 Å². The van der Waals surface area contributed by atoms with Crippen LogP contribution in [0.4, 0.5) is 4.79 Å². The number of imide groups is 1. The molecule has 122 valence electrons. The maximum absolute atomic E-state index is 11.8. The third kappa shape index (κ3) is 3.53. The maximum Gasteiger partial charge on any atom is 0.324 e. The number of urea groups is 1. The van der Waals surface area contributed by atoms with Gasteiger partial charge in [0.05, 0.1) is 6.42 Å². The fourth-order valence-corrected chi connectivity index (χ4v) is 2.35. The van der Waals surface area contributed by atoms with Crippen LogP contribution in [0.25, 0.3) is 0 Å². The Morgan fingerprint density at radius 2 is 2.00 bits per heavy atom. The van der Waals surface area contributed by atoms with E-state index in [1.165, 1.54) is 0 Å². The van der Waals surface area contributed by atoms with Crippen molar-refractivity contribution < 1.29 is 28.6 Å². The van der Waals surface area contributed by atoms with Crippen LogP contribution in [0.3, 0.4) is 0 Å². The fraction of sp³-hybridized carbons (Fsp3) is 0.400. The minimum absolute atomic E-state index is 0.0100. The van der Waals surface area contributed by atoms with E-state index in [1.54, 1.807) is 18.2 Å². The Morgan fingerprint density at radius 3 is 2.74 bits per heavy atom. The average molecular weight is 320 g/mol. The van der Waals surface area contributed by atoms with E-state index in [1.807, 2.05) is 0 Å². The van der Waals surface area contributed by atoms with Crippen LogP contribution in [0, 0.1) is 0 Å². The number of fused-ring (bicyclic) bond motifs is 1. The van der Waals surface area contributed by atoms with Crippen LogP contribution in [-0.2, 0) is 20.7 Å². The maximum atomic E-state index is 11.8. The topological polar surface area (TPSA) is 94.2 Å². The summed E-state index contributed by atoms with van der Waals surface area (Å²) in [5.41, 5.74) is 0.700. The van der Waals surface area contributed by atoms with Crippen molar-refractivity contribution in [3.8, 4) is 11.5 Å². The number of amides is 3. The molecule has 0 bridgehead atoms. The molecule has 1 saturated heterocycles. The Bertz CT molecular complexity index is 645. The van der Waals surface area contributed by atoms with Crippen LogP contribution >= 0.6 is 0 Å². The second-order valence-corrected chi connectivity index (χ2v) is 5.09. The first-order valence-electron chi connectivity index (χ1n) is 7.26. The molecule has 23 heavy (non-hydrogen) atoms. The van der Waals surface area contributed by atoms with Crippen LogP contribution in [0.15, 0.2) is 18.2 Å². The second kappa shape index (κ2) is 6.55. The van der Waals surface area contributed by atoms with Gasteiger partial charge in [-0.2, -0.15) is 0 Å². The number of hydrogen-bond acceptors (Lipinski definition) is 6. The molecule has 2 aliphatic rings. The third-order valence-electron chi connectivity index (χ3n) is 3.47. The SMILES string of the molecule is O=C(Cc1ccc2c(c1)OCCO2)OCC(=O)N1CCNC1=O. The van der Waals surface area contributed by atoms with E-state index in [0.717, 1.165) is 4.90 Å². The van der Waals surface area contributed by atoms with Crippen LogP contribution < -0.4 is 14.8 Å². The first kappa shape index (κ1) is 15.1. The van der Waals surface area contributed by atoms with Gasteiger partial charge in [0.15, 0.2) is 18.1 Å². The highest BCUT2D eigenvalue weighted by molar-refractivity contribution is 5.97. The van der Waals surface area contributed by atoms with Gasteiger partial charge in [-0.1, -0.05) is 6.07 Å². The van der Waals surface area contributed by atoms with Crippen LogP contribution in [0.2, 0.25) is 0 Å². The normalized spacial score (nSPS) is 16.0. The Hall–Kier alpha value is -2.77. The molecule has 1 aromatic rings. The lowest BCUT2D eigenvalue weighted by molar-refractivity contribution is -0.150. The lowest BCUT2D eigenvalue weighted by Crippen LogP contribution is -2.37. The number of nitrogens with zero attached hydrogens (tertiary/aromatic N) is 1. The Morgan fingerprint density at radius 1 is 1.22 bits per heavy atom. The average Bonchev–Trinajstić information content (AvgIpc) is 2.98. The number of rotatable bonds is 4. The molecule has 0 atom stereocenters. The number of esters is 1. The summed E-state index contributed by atoms with van der Waals surface area (Å²) in [4.78, 5) is 35.9. The monoisotopic (exact) mass is 320 g/mol. The number of carbonyl (C=O) groups is 3. The summed E-state index contributed by atoms with van der Waals surface area (Å²) < 4.78 is 15.8. The molecule has 1 N–H and O–H groups in total. The number of nitrogens with one attached hydrogen (secondary N) is 1. The summed E-state index contributed by atoms with van der Waals surface area (Å²) >= 11 is 0. The predicted octanol–water partition coefficient (Wildman–Crippen LogP) is 0.0953. The van der Waals surface area contributed by atoms with Gasteiger partial charge in [-0.15, -0.1) is 0 Å². The third-order valence-corrected chi connectivity index (χ3v) is 3.47. The summed E-state index contributed by atoms with van der Waals surface area (Å²) in [6.07, 6.45) is 0.0100. The van der Waals surface area contributed by atoms with Crippen molar-refractivity contribution in [3.05, 3.63) is 23.8 Å². The van der Waals surface area contributed by atoms with Crippen LogP contribution in [0.1, 0.15) is 5.56 Å². The van der Waals surface area contributed by atoms with Crippen molar-refractivity contribution >= 4 is 17.9 Å². The summed E-state index contributed by atoms with van der Waals surface area (Å²) in [5, 5.41) is 2.51. The van der Waals surface area contributed by atoms with Gasteiger partial charge in [0, 0.05) is 13.1 Å². The van der Waals surface area contributed by atoms with Crippen molar-refractivity contribution in [2.75, 3.05) is 32.9 Å². The molecule has 1 fully saturated rings. The zero-order chi connectivity index (χ0) is 16.2. The van der Waals surface area contributed by atoms with Gasteiger partial charge in [-0.25, -0.2) is 4.79 Å². The van der Waals surface area contributed by atoms with E-state index in [2.05, 4.69) is 5.32 Å². The fourth-order valence-electron chi connectivity index (χ4n) is 2.35. The number of benzene rings is 1. The summed E-state index contributed by atoms with van der Waals surface area (Å²) in [6, 6.07) is 4.73. The molecule has 0 radical (unpaired) electrons. The smallest absolute Gasteiger partial charge is 0.324 e. The molecule has 0 aliphatic carbocycles. The molecule has 0 saturated carbocycles. The zero-order valence-corrected chi connectivity index (χ0v) is 12.4. The predicted molar refractivity (Wildman–Crippen MR) is 77.2 cm³/mol. The zero-order valence-electron chi connectivity index (χ0n) is 12.4. The Balaban J connectivity index is 1.51. The largest absolute Gasteiger partial charge is 0.486 e.